The molecule has 4 rings (SSSR count). The summed E-state index contributed by atoms with van der Waals surface area (Å²) in [5.41, 5.74) is 1.87. The molecule has 0 radical (unpaired) electrons. The maximum Gasteiger partial charge on any atom is 0.407 e. The van der Waals surface area contributed by atoms with Crippen molar-refractivity contribution in [3.8, 4) is 0 Å². The molecule has 31 heavy (non-hydrogen) atoms. The molecule has 1 aliphatic heterocycles. The normalized spacial score (nSPS) is 21.0. The minimum absolute atomic E-state index is 0.0443. The van der Waals surface area contributed by atoms with E-state index in [4.69, 9.17) is 14.2 Å². The average Bonchev–Trinajstić information content (AvgIpc) is 3.41. The van der Waals surface area contributed by atoms with Crippen LogP contribution in [0, 0.1) is 0 Å². The average molecular weight is 433 g/mol. The first-order valence-corrected chi connectivity index (χ1v) is 9.81. The fourth-order valence-corrected chi connectivity index (χ4v) is 3.28. The van der Waals surface area contributed by atoms with Gasteiger partial charge in [-0.1, -0.05) is 0 Å². The van der Waals surface area contributed by atoms with Gasteiger partial charge in [-0.25, -0.2) is 19.2 Å². The summed E-state index contributed by atoms with van der Waals surface area (Å²) >= 11 is 0. The second-order valence-electron chi connectivity index (χ2n) is 7.44. The first-order valence-electron chi connectivity index (χ1n) is 9.81. The molecule has 0 spiro atoms. The summed E-state index contributed by atoms with van der Waals surface area (Å²) in [5.74, 6) is 0.913. The van der Waals surface area contributed by atoms with E-state index in [1.54, 1.807) is 43.7 Å². The molecule has 1 amide bonds. The Morgan fingerprint density at radius 3 is 3.10 bits per heavy atom. The number of methoxy groups -OCH3 is 1. The van der Waals surface area contributed by atoms with Crippen LogP contribution in [0.15, 0.2) is 24.5 Å². The van der Waals surface area contributed by atoms with Gasteiger partial charge in [0.1, 0.15) is 11.8 Å². The van der Waals surface area contributed by atoms with Crippen LogP contribution < -0.4 is 10.6 Å². The number of imidazole rings is 1. The molecule has 3 aromatic rings. The van der Waals surface area contributed by atoms with E-state index in [0.29, 0.717) is 29.7 Å². The number of hydrogen-bond acceptors (Lipinski definition) is 8. The van der Waals surface area contributed by atoms with Gasteiger partial charge in [0.25, 0.3) is 0 Å². The minimum atomic E-state index is -1.53. The lowest BCUT2D eigenvalue weighted by molar-refractivity contribution is 0.0615. The van der Waals surface area contributed by atoms with Crippen LogP contribution in [-0.2, 0) is 20.8 Å². The Morgan fingerprint density at radius 1 is 1.48 bits per heavy atom. The lowest BCUT2D eigenvalue weighted by Gasteiger charge is -2.16. The Hall–Kier alpha value is -3.25. The highest BCUT2D eigenvalue weighted by atomic mass is 19.1. The number of alkyl halides is 1. The van der Waals surface area contributed by atoms with Crippen LogP contribution in [0.1, 0.15) is 31.3 Å². The maximum atomic E-state index is 14.8. The van der Waals surface area contributed by atoms with Crippen molar-refractivity contribution in [1.82, 2.24) is 29.9 Å². The molecular formula is C19H24FN7O4. The van der Waals surface area contributed by atoms with E-state index < -0.39 is 24.5 Å². The molecule has 0 unspecified atom stereocenters. The molecule has 1 aliphatic rings. The summed E-state index contributed by atoms with van der Waals surface area (Å²) in [4.78, 5) is 20.5. The first-order chi connectivity index (χ1) is 14.9. The smallest absolute Gasteiger partial charge is 0.407 e. The van der Waals surface area contributed by atoms with Crippen LogP contribution >= 0.6 is 0 Å². The van der Waals surface area contributed by atoms with Crippen molar-refractivity contribution >= 4 is 23.5 Å². The van der Waals surface area contributed by atoms with Gasteiger partial charge in [-0.2, -0.15) is 5.10 Å². The van der Waals surface area contributed by atoms with E-state index in [0.717, 1.165) is 5.69 Å². The highest BCUT2D eigenvalue weighted by Crippen LogP contribution is 2.33. The second kappa shape index (κ2) is 8.86. The fraction of sp³-hybridized carbons (Fsp3) is 0.474. The molecule has 3 aromatic heterocycles. The van der Waals surface area contributed by atoms with Crippen molar-refractivity contribution in [2.24, 2.45) is 0 Å². The Kier molecular flexibility index (Phi) is 6.00. The number of carbonyl (C=O) groups excluding carboxylic acids is 1. The zero-order valence-corrected chi connectivity index (χ0v) is 17.3. The Balaban J connectivity index is 1.44. The van der Waals surface area contributed by atoms with Crippen LogP contribution in [0.2, 0.25) is 0 Å². The summed E-state index contributed by atoms with van der Waals surface area (Å²) in [6, 6.07) is 3.29. The van der Waals surface area contributed by atoms with Gasteiger partial charge in [0.05, 0.1) is 24.6 Å². The summed E-state index contributed by atoms with van der Waals surface area (Å²) in [6.07, 6.45) is -0.696. The van der Waals surface area contributed by atoms with E-state index in [-0.39, 0.29) is 12.6 Å². The van der Waals surface area contributed by atoms with Gasteiger partial charge in [-0.05, 0) is 19.9 Å². The summed E-state index contributed by atoms with van der Waals surface area (Å²) in [7, 11) is 1.60. The molecule has 3 atom stereocenters. The topological polar surface area (TPSA) is 128 Å². The number of nitrogens with one attached hydrogen (secondary N) is 3. The largest absolute Gasteiger partial charge is 0.441 e. The molecule has 1 fully saturated rings. The first kappa shape index (κ1) is 21.0. The number of H-pyrrole nitrogens is 1. The molecule has 1 saturated heterocycles. The number of carbonyl (C=O) groups is 1. The molecule has 3 N–H and O–H groups in total. The molecule has 12 heteroatoms. The Labute approximate surface area is 177 Å². The number of fused-ring (bicyclic) bond motifs is 1. The number of alkyl carbamates (subject to hydrolysis) is 1. The summed E-state index contributed by atoms with van der Waals surface area (Å²) < 4.78 is 32.3. The summed E-state index contributed by atoms with van der Waals surface area (Å²) in [6.45, 7) is 3.91. The van der Waals surface area contributed by atoms with Gasteiger partial charge in [-0.15, -0.1) is 0 Å². The van der Waals surface area contributed by atoms with E-state index in [2.05, 4.69) is 30.8 Å². The zero-order valence-electron chi connectivity index (χ0n) is 17.3. The minimum Gasteiger partial charge on any atom is -0.441 e. The molecular weight excluding hydrogens is 409 g/mol. The standard InChI is InChI=1S/C19H24FN7O4/c1-10(2)22-19(28)31-13-9-30-17(16(13)20)12-6-14(26-25-12)24-18-21-5-4-15-23-11(8-29-3)7-27(15)18/h4-7,10,13,16-17H,8-9H2,1-3H3,(H,22,28)(H2,21,24,25,26)/t13-,16+,17-/m1/s1. The fourth-order valence-electron chi connectivity index (χ4n) is 3.28. The van der Waals surface area contributed by atoms with Gasteiger partial charge in [-0.3, -0.25) is 9.50 Å². The van der Waals surface area contributed by atoms with Crippen molar-refractivity contribution in [3.63, 3.8) is 0 Å². The number of aromatic nitrogens is 5. The third-order valence-electron chi connectivity index (χ3n) is 4.62. The zero-order chi connectivity index (χ0) is 22.0. The van der Waals surface area contributed by atoms with Crippen molar-refractivity contribution in [2.45, 2.75) is 44.9 Å². The van der Waals surface area contributed by atoms with Crippen LogP contribution in [0.4, 0.5) is 21.0 Å². The number of aromatic amines is 1. The van der Waals surface area contributed by atoms with Gasteiger partial charge in [0.2, 0.25) is 5.95 Å². The molecule has 11 nitrogen and oxygen atoms in total. The van der Waals surface area contributed by atoms with E-state index in [9.17, 15) is 9.18 Å². The third kappa shape index (κ3) is 4.59. The van der Waals surface area contributed by atoms with E-state index in [1.807, 2.05) is 6.20 Å². The van der Waals surface area contributed by atoms with Gasteiger partial charge in [0, 0.05) is 31.6 Å². The predicted molar refractivity (Wildman–Crippen MR) is 108 cm³/mol. The molecule has 166 valence electrons. The molecule has 4 heterocycles. The highest BCUT2D eigenvalue weighted by Gasteiger charge is 2.42. The third-order valence-corrected chi connectivity index (χ3v) is 4.62. The monoisotopic (exact) mass is 433 g/mol. The molecule has 0 aliphatic carbocycles. The number of rotatable bonds is 7. The number of ether oxygens (including phenoxy) is 3. The predicted octanol–water partition coefficient (Wildman–Crippen LogP) is 2.25. The molecule has 0 aromatic carbocycles. The Bertz CT molecular complexity index is 1050. The summed E-state index contributed by atoms with van der Waals surface area (Å²) in [5, 5.41) is 12.6. The van der Waals surface area contributed by atoms with Crippen molar-refractivity contribution in [2.75, 3.05) is 19.0 Å². The van der Waals surface area contributed by atoms with Crippen molar-refractivity contribution in [1.29, 1.82) is 0 Å². The number of amides is 1. The SMILES string of the molecule is COCc1cn2c(Nc3cc([C@H]4OC[C@@H](OC(=O)NC(C)C)[C@@H]4F)[nH]n3)nccc2n1. The van der Waals surface area contributed by atoms with Gasteiger partial charge < -0.3 is 24.8 Å². The maximum absolute atomic E-state index is 14.8. The van der Waals surface area contributed by atoms with Crippen molar-refractivity contribution in [3.05, 3.63) is 35.9 Å². The number of nitrogens with zero attached hydrogens (tertiary/aromatic N) is 4. The quantitative estimate of drug-likeness (QED) is 0.518. The van der Waals surface area contributed by atoms with E-state index >= 15 is 0 Å². The number of anilines is 2. The lowest BCUT2D eigenvalue weighted by atomic mass is 10.1. The highest BCUT2D eigenvalue weighted by molar-refractivity contribution is 5.67. The van der Waals surface area contributed by atoms with Crippen molar-refractivity contribution < 1.29 is 23.4 Å². The van der Waals surface area contributed by atoms with Gasteiger partial charge >= 0.3 is 6.09 Å². The number of hydrogen-bond donors (Lipinski definition) is 3. The van der Waals surface area contributed by atoms with Crippen LogP contribution in [0.3, 0.4) is 0 Å². The van der Waals surface area contributed by atoms with Gasteiger partial charge in [0.15, 0.2) is 18.1 Å². The molecule has 0 saturated carbocycles. The van der Waals surface area contributed by atoms with Crippen LogP contribution in [0.25, 0.3) is 5.65 Å². The Morgan fingerprint density at radius 2 is 2.32 bits per heavy atom. The second-order valence-corrected chi connectivity index (χ2v) is 7.44. The molecule has 0 bridgehead atoms. The lowest BCUT2D eigenvalue weighted by Crippen LogP contribution is -2.36. The van der Waals surface area contributed by atoms with Crippen LogP contribution in [-0.4, -0.2) is 62.7 Å². The number of halogens is 1. The van der Waals surface area contributed by atoms with E-state index in [1.165, 1.54) is 0 Å². The van der Waals surface area contributed by atoms with Crippen LogP contribution in [0.5, 0.6) is 0 Å².